The summed E-state index contributed by atoms with van der Waals surface area (Å²) in [5.74, 6) is -1.46. The summed E-state index contributed by atoms with van der Waals surface area (Å²) in [4.78, 5) is 10.3. The first-order valence-corrected chi connectivity index (χ1v) is 3.82. The summed E-state index contributed by atoms with van der Waals surface area (Å²) in [6, 6.07) is 6.98. The zero-order chi connectivity index (χ0) is 9.84. The fourth-order valence-electron chi connectivity index (χ4n) is 0.986. The minimum Gasteiger partial charge on any atom is -0.548 e. The predicted octanol–water partition coefficient (Wildman–Crippen LogP) is -4.20. The number of aliphatic hydroxyl groups excluding tert-OH is 1. The minimum atomic E-state index is -1.46. The summed E-state index contributed by atoms with van der Waals surface area (Å²) in [6.07, 6.45) is -1.22. The summed E-state index contributed by atoms with van der Waals surface area (Å²) in [7, 11) is 0. The molecule has 0 heterocycles. The molecule has 0 bridgehead atoms. The molecule has 5 heteroatoms. The van der Waals surface area contributed by atoms with Crippen LogP contribution in [0.25, 0.3) is 0 Å². The second-order valence-electron chi connectivity index (χ2n) is 2.70. The van der Waals surface area contributed by atoms with Crippen molar-refractivity contribution in [1.82, 2.24) is 0 Å². The van der Waals surface area contributed by atoms with Gasteiger partial charge < -0.3 is 20.7 Å². The van der Waals surface area contributed by atoms with Gasteiger partial charge >= 0.3 is 29.6 Å². The molecule has 0 unspecified atom stereocenters. The summed E-state index contributed by atoms with van der Waals surface area (Å²) >= 11 is 0. The number of aliphatic carboxylic acids is 1. The molecule has 0 aliphatic rings. The van der Waals surface area contributed by atoms with Gasteiger partial charge in [-0.1, -0.05) is 30.3 Å². The Labute approximate surface area is 104 Å². The quantitative estimate of drug-likeness (QED) is 0.488. The van der Waals surface area contributed by atoms with Crippen LogP contribution in [0.2, 0.25) is 0 Å². The molecule has 0 amide bonds. The van der Waals surface area contributed by atoms with Gasteiger partial charge in [0.15, 0.2) is 0 Å². The average molecular weight is 203 g/mol. The molecule has 0 saturated carbocycles. The van der Waals surface area contributed by atoms with Crippen LogP contribution in [0, 0.1) is 0 Å². The van der Waals surface area contributed by atoms with E-state index in [2.05, 4.69) is 0 Å². The van der Waals surface area contributed by atoms with Gasteiger partial charge in [-0.2, -0.15) is 0 Å². The summed E-state index contributed by atoms with van der Waals surface area (Å²) in [6.45, 7) is 0. The molecule has 0 aliphatic carbocycles. The second kappa shape index (κ2) is 6.16. The van der Waals surface area contributed by atoms with Crippen molar-refractivity contribution in [3.8, 4) is 0 Å². The summed E-state index contributed by atoms with van der Waals surface area (Å²) < 4.78 is 0. The standard InChI is InChI=1S/C9H11NO3.Na/c10-7(9(12)13)8(11)6-4-2-1-3-5-6;/h1-5,7-8,11H,10H2,(H,12,13);/q;+1/p-1/t7-,8-;/m0./s1. The third-order valence-electron chi connectivity index (χ3n) is 1.75. The molecule has 3 N–H and O–H groups in total. The summed E-state index contributed by atoms with van der Waals surface area (Å²) in [5.41, 5.74) is 5.65. The van der Waals surface area contributed by atoms with Gasteiger partial charge in [0.1, 0.15) is 0 Å². The van der Waals surface area contributed by atoms with E-state index in [0.29, 0.717) is 5.56 Å². The number of carboxylic acids is 1. The maximum atomic E-state index is 10.3. The molecule has 0 radical (unpaired) electrons. The first kappa shape index (κ1) is 13.6. The summed E-state index contributed by atoms with van der Waals surface area (Å²) in [5, 5.41) is 19.7. The molecule has 1 rings (SSSR count). The van der Waals surface area contributed by atoms with Crippen LogP contribution in [-0.2, 0) is 4.79 Å². The molecule has 0 fully saturated rings. The van der Waals surface area contributed by atoms with Crippen molar-refractivity contribution in [1.29, 1.82) is 0 Å². The molecular weight excluding hydrogens is 193 g/mol. The van der Waals surface area contributed by atoms with Gasteiger partial charge in [0.25, 0.3) is 0 Å². The van der Waals surface area contributed by atoms with Gasteiger partial charge in [-0.05, 0) is 5.56 Å². The van der Waals surface area contributed by atoms with Crippen LogP contribution < -0.4 is 40.4 Å². The maximum absolute atomic E-state index is 10.3. The number of nitrogens with two attached hydrogens (primary N) is 1. The van der Waals surface area contributed by atoms with Crippen molar-refractivity contribution in [2.24, 2.45) is 5.73 Å². The third kappa shape index (κ3) is 3.40. The fraction of sp³-hybridized carbons (Fsp3) is 0.222. The van der Waals surface area contributed by atoms with Crippen LogP contribution in [0.5, 0.6) is 0 Å². The number of hydrogen-bond acceptors (Lipinski definition) is 4. The topological polar surface area (TPSA) is 86.4 Å². The van der Waals surface area contributed by atoms with Gasteiger partial charge in [0.2, 0.25) is 0 Å². The molecule has 0 spiro atoms. The number of benzene rings is 1. The Morgan fingerprint density at radius 1 is 1.36 bits per heavy atom. The Balaban J connectivity index is 0.00000169. The molecule has 14 heavy (non-hydrogen) atoms. The number of aliphatic hydroxyl groups is 1. The normalized spacial score (nSPS) is 13.9. The van der Waals surface area contributed by atoms with Crippen molar-refractivity contribution >= 4 is 5.97 Å². The maximum Gasteiger partial charge on any atom is 1.00 e. The van der Waals surface area contributed by atoms with Crippen LogP contribution in [0.15, 0.2) is 30.3 Å². The van der Waals surface area contributed by atoms with E-state index in [-0.39, 0.29) is 29.6 Å². The van der Waals surface area contributed by atoms with E-state index in [1.54, 1.807) is 30.3 Å². The van der Waals surface area contributed by atoms with Gasteiger partial charge in [0, 0.05) is 0 Å². The van der Waals surface area contributed by atoms with Crippen LogP contribution in [-0.4, -0.2) is 17.1 Å². The van der Waals surface area contributed by atoms with Crippen LogP contribution >= 0.6 is 0 Å². The number of carbonyl (C=O) groups is 1. The van der Waals surface area contributed by atoms with E-state index >= 15 is 0 Å². The molecule has 0 saturated heterocycles. The van der Waals surface area contributed by atoms with E-state index < -0.39 is 18.1 Å². The average Bonchev–Trinajstić information content (AvgIpc) is 2.17. The van der Waals surface area contributed by atoms with E-state index in [9.17, 15) is 15.0 Å². The minimum absolute atomic E-state index is 0. The molecule has 4 nitrogen and oxygen atoms in total. The predicted molar refractivity (Wildman–Crippen MR) is 44.4 cm³/mol. The van der Waals surface area contributed by atoms with E-state index in [0.717, 1.165) is 0 Å². The Hall–Kier alpha value is -0.390. The van der Waals surface area contributed by atoms with Crippen molar-refractivity contribution in [2.45, 2.75) is 12.1 Å². The Morgan fingerprint density at radius 3 is 2.29 bits per heavy atom. The number of carbonyl (C=O) groups excluding carboxylic acids is 1. The van der Waals surface area contributed by atoms with Crippen molar-refractivity contribution in [3.05, 3.63) is 35.9 Å². The van der Waals surface area contributed by atoms with Gasteiger partial charge in [0.05, 0.1) is 18.1 Å². The Bertz CT molecular complexity index is 291. The molecule has 1 aromatic carbocycles. The smallest absolute Gasteiger partial charge is 0.548 e. The first-order valence-electron chi connectivity index (χ1n) is 3.82. The largest absolute Gasteiger partial charge is 1.00 e. The molecule has 0 aromatic heterocycles. The third-order valence-corrected chi connectivity index (χ3v) is 1.75. The second-order valence-corrected chi connectivity index (χ2v) is 2.70. The van der Waals surface area contributed by atoms with E-state index in [4.69, 9.17) is 5.73 Å². The number of rotatable bonds is 3. The van der Waals surface area contributed by atoms with Gasteiger partial charge in [-0.25, -0.2) is 0 Å². The van der Waals surface area contributed by atoms with Crippen molar-refractivity contribution in [3.63, 3.8) is 0 Å². The Kier molecular flexibility index (Phi) is 5.99. The van der Waals surface area contributed by atoms with Gasteiger partial charge in [-0.3, -0.25) is 0 Å². The van der Waals surface area contributed by atoms with E-state index in [1.807, 2.05) is 0 Å². The zero-order valence-electron chi connectivity index (χ0n) is 7.88. The molecule has 1 aromatic rings. The van der Waals surface area contributed by atoms with Gasteiger partial charge in [-0.15, -0.1) is 0 Å². The monoisotopic (exact) mass is 203 g/mol. The van der Waals surface area contributed by atoms with Crippen LogP contribution in [0.3, 0.4) is 0 Å². The molecule has 2 atom stereocenters. The van der Waals surface area contributed by atoms with Crippen LogP contribution in [0.1, 0.15) is 11.7 Å². The SMILES string of the molecule is N[C@H](C(=O)[O-])[C@@H](O)c1ccccc1.[Na+]. The van der Waals surface area contributed by atoms with E-state index in [1.165, 1.54) is 0 Å². The fourth-order valence-corrected chi connectivity index (χ4v) is 0.986. The number of hydrogen-bond donors (Lipinski definition) is 2. The molecule has 0 aliphatic heterocycles. The Morgan fingerprint density at radius 2 is 1.86 bits per heavy atom. The number of carboxylic acid groups (broad SMARTS) is 1. The zero-order valence-corrected chi connectivity index (χ0v) is 9.88. The van der Waals surface area contributed by atoms with Crippen LogP contribution in [0.4, 0.5) is 0 Å². The van der Waals surface area contributed by atoms with Crippen molar-refractivity contribution in [2.75, 3.05) is 0 Å². The molecular formula is C9H10NNaO3. The first-order chi connectivity index (χ1) is 6.13. The molecule has 70 valence electrons. The van der Waals surface area contributed by atoms with Crippen molar-refractivity contribution < 1.29 is 44.6 Å².